The minimum absolute atomic E-state index is 0.0236. The maximum absolute atomic E-state index is 14.5. The van der Waals surface area contributed by atoms with E-state index in [1.54, 1.807) is 12.1 Å². The molecule has 13 nitrogen and oxygen atoms in total. The van der Waals surface area contributed by atoms with E-state index in [-0.39, 0.29) is 41.5 Å². The molecule has 4 fully saturated rings. The molecule has 268 valence electrons. The van der Waals surface area contributed by atoms with E-state index in [1.165, 1.54) is 31.6 Å². The zero-order chi connectivity index (χ0) is 36.1. The number of nitrogens with zero attached hydrogens (tertiary/aromatic N) is 3. The van der Waals surface area contributed by atoms with Crippen LogP contribution < -0.4 is 20.1 Å². The van der Waals surface area contributed by atoms with Gasteiger partial charge in [-0.15, -0.1) is 0 Å². The molecule has 6 rings (SSSR count). The SMILES string of the molecule is CC[C@@H]1C[C@]1(NC(=O)[C@@H]1C[C@@H](Oc2cc(C#N)nc3c(Cl)c(OC)ccc23)CN1C(=O)[C@@H](NC(=O)O[C@@H]1C[C@@H]2C[C@@H]2C1)C(C)(C)C)C(=O)OC. The maximum atomic E-state index is 14.5. The highest BCUT2D eigenvalue weighted by Gasteiger charge is 2.62. The van der Waals surface area contributed by atoms with Gasteiger partial charge < -0.3 is 34.5 Å². The van der Waals surface area contributed by atoms with Crippen LogP contribution in [0, 0.1) is 34.5 Å². The van der Waals surface area contributed by atoms with Crippen molar-refractivity contribution in [1.82, 2.24) is 20.5 Å². The minimum atomic E-state index is -1.18. The molecule has 2 heterocycles. The van der Waals surface area contributed by atoms with Crippen LogP contribution in [0.25, 0.3) is 10.9 Å². The Morgan fingerprint density at radius 1 is 1.10 bits per heavy atom. The van der Waals surface area contributed by atoms with E-state index in [1.807, 2.05) is 33.8 Å². The Labute approximate surface area is 296 Å². The molecule has 2 aromatic rings. The predicted molar refractivity (Wildman–Crippen MR) is 181 cm³/mol. The number of amides is 3. The molecule has 3 saturated carbocycles. The molecule has 2 N–H and O–H groups in total. The van der Waals surface area contributed by atoms with Gasteiger partial charge in [-0.2, -0.15) is 5.26 Å². The third-order valence-electron chi connectivity index (χ3n) is 10.7. The second-order valence-corrected chi connectivity index (χ2v) is 15.4. The number of halogens is 1. The molecule has 0 spiro atoms. The Bertz CT molecular complexity index is 1750. The lowest BCUT2D eigenvalue weighted by Crippen LogP contribution is -2.59. The number of carbonyl (C=O) groups is 4. The number of nitrogens with one attached hydrogen (secondary N) is 2. The van der Waals surface area contributed by atoms with Gasteiger partial charge in [-0.3, -0.25) is 9.59 Å². The third kappa shape index (κ3) is 6.74. The lowest BCUT2D eigenvalue weighted by Gasteiger charge is -2.35. The highest BCUT2D eigenvalue weighted by molar-refractivity contribution is 6.36. The van der Waals surface area contributed by atoms with Crippen LogP contribution in [0.3, 0.4) is 0 Å². The van der Waals surface area contributed by atoms with Gasteiger partial charge in [-0.05, 0) is 61.0 Å². The Morgan fingerprint density at radius 3 is 2.42 bits per heavy atom. The first-order valence-corrected chi connectivity index (χ1v) is 17.5. The monoisotopic (exact) mass is 709 g/mol. The van der Waals surface area contributed by atoms with Crippen molar-refractivity contribution in [2.45, 2.75) is 96.1 Å². The number of methoxy groups -OCH3 is 2. The zero-order valence-corrected chi connectivity index (χ0v) is 30.0. The molecular weight excluding hydrogens is 666 g/mol. The van der Waals surface area contributed by atoms with Crippen molar-refractivity contribution >= 4 is 46.4 Å². The second kappa shape index (κ2) is 13.4. The summed E-state index contributed by atoms with van der Waals surface area (Å²) in [7, 11) is 2.75. The number of alkyl carbamates (subject to hydrolysis) is 1. The fourth-order valence-electron chi connectivity index (χ4n) is 7.71. The van der Waals surface area contributed by atoms with Crippen molar-refractivity contribution in [3.05, 3.63) is 28.9 Å². The van der Waals surface area contributed by atoms with Gasteiger partial charge >= 0.3 is 12.1 Å². The number of hydrogen-bond acceptors (Lipinski definition) is 10. The highest BCUT2D eigenvalue weighted by atomic mass is 35.5. The predicted octanol–water partition coefficient (Wildman–Crippen LogP) is 4.51. The lowest BCUT2D eigenvalue weighted by molar-refractivity contribution is -0.148. The van der Waals surface area contributed by atoms with E-state index in [2.05, 4.69) is 15.6 Å². The van der Waals surface area contributed by atoms with Crippen LogP contribution in [0.2, 0.25) is 5.02 Å². The van der Waals surface area contributed by atoms with E-state index in [4.69, 9.17) is 30.5 Å². The molecular formula is C36H44ClN5O8. The first kappa shape index (κ1) is 35.5. The van der Waals surface area contributed by atoms with Crippen LogP contribution >= 0.6 is 11.6 Å². The largest absolute Gasteiger partial charge is 0.495 e. The van der Waals surface area contributed by atoms with Crippen LogP contribution in [-0.2, 0) is 23.9 Å². The van der Waals surface area contributed by atoms with E-state index in [9.17, 15) is 24.4 Å². The van der Waals surface area contributed by atoms with E-state index in [0.29, 0.717) is 41.3 Å². The molecule has 8 atom stereocenters. The summed E-state index contributed by atoms with van der Waals surface area (Å²) in [6.07, 6.45) is 2.40. The number of aromatic nitrogens is 1. The molecule has 50 heavy (non-hydrogen) atoms. The van der Waals surface area contributed by atoms with Gasteiger partial charge in [0.05, 0.1) is 26.3 Å². The van der Waals surface area contributed by atoms with Crippen molar-refractivity contribution in [2.75, 3.05) is 20.8 Å². The highest BCUT2D eigenvalue weighted by Crippen LogP contribution is 2.52. The van der Waals surface area contributed by atoms with Gasteiger partial charge in [0.25, 0.3) is 0 Å². The number of carbonyl (C=O) groups excluding carboxylic acids is 4. The summed E-state index contributed by atoms with van der Waals surface area (Å²) in [4.78, 5) is 60.4. The number of ether oxygens (including phenoxy) is 4. The Hall–Kier alpha value is -4.31. The topological polar surface area (TPSA) is 169 Å². The van der Waals surface area contributed by atoms with Gasteiger partial charge in [0, 0.05) is 17.9 Å². The molecule has 3 amide bonds. The number of esters is 1. The number of nitriles is 1. The van der Waals surface area contributed by atoms with E-state index in [0.717, 1.165) is 12.8 Å². The van der Waals surface area contributed by atoms with Crippen molar-refractivity contribution in [3.63, 3.8) is 0 Å². The van der Waals surface area contributed by atoms with Gasteiger partial charge in [-0.25, -0.2) is 14.6 Å². The van der Waals surface area contributed by atoms with Crippen LogP contribution in [0.1, 0.15) is 71.9 Å². The summed E-state index contributed by atoms with van der Waals surface area (Å²) >= 11 is 6.56. The van der Waals surface area contributed by atoms with Crippen molar-refractivity contribution in [1.29, 1.82) is 5.26 Å². The van der Waals surface area contributed by atoms with Gasteiger partial charge in [0.2, 0.25) is 11.8 Å². The molecule has 14 heteroatoms. The normalized spacial score (nSPS) is 28.6. The maximum Gasteiger partial charge on any atom is 0.408 e. The Balaban J connectivity index is 1.29. The number of benzene rings is 1. The molecule has 4 aliphatic rings. The first-order valence-electron chi connectivity index (χ1n) is 17.1. The summed E-state index contributed by atoms with van der Waals surface area (Å²) in [6.45, 7) is 7.39. The average Bonchev–Trinajstić information content (AvgIpc) is 3.89. The number of pyridine rings is 1. The second-order valence-electron chi connectivity index (χ2n) is 15.0. The summed E-state index contributed by atoms with van der Waals surface area (Å²) in [5, 5.41) is 16.2. The molecule has 1 saturated heterocycles. The van der Waals surface area contributed by atoms with Gasteiger partial charge in [0.15, 0.2) is 0 Å². The van der Waals surface area contributed by atoms with Crippen molar-refractivity contribution in [3.8, 4) is 17.6 Å². The summed E-state index contributed by atoms with van der Waals surface area (Å²) in [5.74, 6) is 0.217. The molecule has 1 aromatic heterocycles. The Kier molecular flexibility index (Phi) is 9.54. The fraction of sp³-hybridized carbons (Fsp3) is 0.611. The lowest BCUT2D eigenvalue weighted by atomic mass is 9.85. The molecule has 0 bridgehead atoms. The van der Waals surface area contributed by atoms with Gasteiger partial charge in [0.1, 0.15) is 58.1 Å². The number of fused-ring (bicyclic) bond motifs is 2. The first-order chi connectivity index (χ1) is 23.7. The summed E-state index contributed by atoms with van der Waals surface area (Å²) < 4.78 is 22.6. The fourth-order valence-corrected chi connectivity index (χ4v) is 8.00. The van der Waals surface area contributed by atoms with Crippen LogP contribution in [-0.4, -0.2) is 84.4 Å². The molecule has 1 aromatic carbocycles. The van der Waals surface area contributed by atoms with Crippen molar-refractivity contribution < 1.29 is 38.1 Å². The molecule has 3 aliphatic carbocycles. The molecule has 1 aliphatic heterocycles. The van der Waals surface area contributed by atoms with E-state index < -0.39 is 53.0 Å². The van der Waals surface area contributed by atoms with E-state index >= 15 is 0 Å². The standard InChI is InChI=1S/C36H44ClN5O8/c1-7-20-15-36(20,33(45)48-6)41-31(43)25-14-23(49-27-13-21(16-38)39-29-24(27)8-9-26(47-5)28(29)37)17-42(25)32(44)30(35(2,3)4)40-34(46)50-22-11-18-10-19(18)12-22/h8-9,13,18-20,22-23,25,30H,7,10-12,14-15,17H2,1-6H3,(H,40,46)(H,41,43)/t18-,19+,20-,22+,23-,25+,30-,36-/m1/s1. The number of likely N-dealkylation sites (tertiary alicyclic amines) is 1. The average molecular weight is 710 g/mol. The molecule has 0 radical (unpaired) electrons. The zero-order valence-electron chi connectivity index (χ0n) is 29.2. The molecule has 0 unspecified atom stereocenters. The third-order valence-corrected chi connectivity index (χ3v) is 11.0. The number of hydrogen-bond donors (Lipinski definition) is 2. The summed E-state index contributed by atoms with van der Waals surface area (Å²) in [6, 6.07) is 4.78. The smallest absolute Gasteiger partial charge is 0.408 e. The van der Waals surface area contributed by atoms with Crippen LogP contribution in [0.5, 0.6) is 11.5 Å². The quantitative estimate of drug-likeness (QED) is 0.335. The van der Waals surface area contributed by atoms with Crippen LogP contribution in [0.4, 0.5) is 4.79 Å². The minimum Gasteiger partial charge on any atom is -0.495 e. The van der Waals surface area contributed by atoms with Gasteiger partial charge in [-0.1, -0.05) is 45.7 Å². The van der Waals surface area contributed by atoms with Crippen LogP contribution in [0.15, 0.2) is 18.2 Å². The number of rotatable bonds is 10. The van der Waals surface area contributed by atoms with Crippen molar-refractivity contribution in [2.24, 2.45) is 23.2 Å². The summed E-state index contributed by atoms with van der Waals surface area (Å²) in [5.41, 5.74) is -1.59. The Morgan fingerprint density at radius 2 is 1.82 bits per heavy atom.